The lowest BCUT2D eigenvalue weighted by atomic mass is 10.0. The van der Waals surface area contributed by atoms with Crippen molar-refractivity contribution in [3.05, 3.63) is 47.7 Å². The molecule has 0 amide bonds. The predicted octanol–water partition coefficient (Wildman–Crippen LogP) is 1.95. The van der Waals surface area contributed by atoms with Crippen LogP contribution in [-0.2, 0) is 0 Å². The molecular formula is C15H18N6. The van der Waals surface area contributed by atoms with Crippen LogP contribution in [0, 0.1) is 20.8 Å². The molecule has 0 fully saturated rings. The van der Waals surface area contributed by atoms with E-state index in [1.165, 1.54) is 0 Å². The van der Waals surface area contributed by atoms with E-state index in [-0.39, 0.29) is 6.04 Å². The van der Waals surface area contributed by atoms with E-state index in [4.69, 9.17) is 0 Å². The number of aromatic nitrogens is 4. The van der Waals surface area contributed by atoms with Crippen LogP contribution in [-0.4, -0.2) is 26.0 Å². The fourth-order valence-corrected chi connectivity index (χ4v) is 2.41. The van der Waals surface area contributed by atoms with Crippen LogP contribution in [0.1, 0.15) is 29.7 Å². The van der Waals surface area contributed by atoms with E-state index < -0.39 is 0 Å². The maximum absolute atomic E-state index is 4.58. The van der Waals surface area contributed by atoms with Gasteiger partial charge in [0.1, 0.15) is 12.2 Å². The molecule has 2 aromatic heterocycles. The third-order valence-electron chi connectivity index (χ3n) is 3.58. The molecule has 6 heteroatoms. The van der Waals surface area contributed by atoms with E-state index >= 15 is 0 Å². The average molecular weight is 282 g/mol. The summed E-state index contributed by atoms with van der Waals surface area (Å²) in [5.41, 5.74) is 8.48. The topological polar surface area (TPSA) is 66.8 Å². The summed E-state index contributed by atoms with van der Waals surface area (Å²) in [6, 6.07) is 0.164. The van der Waals surface area contributed by atoms with E-state index in [0.29, 0.717) is 0 Å². The molecule has 0 saturated carbocycles. The van der Waals surface area contributed by atoms with Crippen molar-refractivity contribution in [3.63, 3.8) is 0 Å². The van der Waals surface area contributed by atoms with Gasteiger partial charge in [-0.15, -0.1) is 0 Å². The van der Waals surface area contributed by atoms with E-state index in [2.05, 4.69) is 38.5 Å². The zero-order valence-corrected chi connectivity index (χ0v) is 12.6. The van der Waals surface area contributed by atoms with Crippen LogP contribution in [0.25, 0.3) is 5.57 Å². The van der Waals surface area contributed by atoms with Crippen LogP contribution in [0.4, 0.5) is 5.69 Å². The molecular weight excluding hydrogens is 264 g/mol. The van der Waals surface area contributed by atoms with E-state index in [1.807, 2.05) is 32.0 Å². The van der Waals surface area contributed by atoms with Crippen LogP contribution in [0.5, 0.6) is 0 Å². The van der Waals surface area contributed by atoms with Crippen LogP contribution >= 0.6 is 0 Å². The number of aryl methyl sites for hydroxylation is 3. The van der Waals surface area contributed by atoms with Gasteiger partial charge in [-0.2, -0.15) is 0 Å². The van der Waals surface area contributed by atoms with Crippen LogP contribution in [0.2, 0.25) is 0 Å². The molecule has 1 atom stereocenters. The smallest absolute Gasteiger partial charge is 0.125 e. The van der Waals surface area contributed by atoms with Crippen LogP contribution in [0.15, 0.2) is 24.9 Å². The minimum absolute atomic E-state index is 0.164. The second-order valence-electron chi connectivity index (χ2n) is 5.25. The average Bonchev–Trinajstić information content (AvgIpc) is 2.84. The predicted molar refractivity (Wildman–Crippen MR) is 81.3 cm³/mol. The molecule has 21 heavy (non-hydrogen) atoms. The fraction of sp³-hybridized carbons (Fsp3) is 0.333. The Kier molecular flexibility index (Phi) is 3.39. The Morgan fingerprint density at radius 1 is 1.14 bits per heavy atom. The van der Waals surface area contributed by atoms with Crippen molar-refractivity contribution in [2.24, 2.45) is 0 Å². The number of hydrogen-bond donors (Lipinski definition) is 1. The molecule has 3 rings (SSSR count). The van der Waals surface area contributed by atoms with Gasteiger partial charge in [-0.05, 0) is 33.3 Å². The van der Waals surface area contributed by atoms with Gasteiger partial charge >= 0.3 is 0 Å². The summed E-state index contributed by atoms with van der Waals surface area (Å²) in [6.45, 7) is 8.02. The minimum atomic E-state index is 0.164. The van der Waals surface area contributed by atoms with Gasteiger partial charge in [0.05, 0.1) is 29.3 Å². The van der Waals surface area contributed by atoms with Crippen LogP contribution < -0.4 is 10.4 Å². The van der Waals surface area contributed by atoms with Crippen molar-refractivity contribution in [2.45, 2.75) is 33.7 Å². The van der Waals surface area contributed by atoms with Gasteiger partial charge in [-0.1, -0.05) is 0 Å². The highest BCUT2D eigenvalue weighted by Gasteiger charge is 2.25. The zero-order chi connectivity index (χ0) is 15.0. The molecule has 1 N–H and O–H groups in total. The Morgan fingerprint density at radius 3 is 2.71 bits per heavy atom. The van der Waals surface area contributed by atoms with Gasteiger partial charge in [0.2, 0.25) is 0 Å². The van der Waals surface area contributed by atoms with Crippen molar-refractivity contribution >= 4 is 11.3 Å². The fourth-order valence-electron chi connectivity index (χ4n) is 2.41. The Labute approximate surface area is 124 Å². The first-order valence-corrected chi connectivity index (χ1v) is 6.90. The second kappa shape index (κ2) is 5.21. The van der Waals surface area contributed by atoms with Gasteiger partial charge in [-0.3, -0.25) is 5.01 Å². The summed E-state index contributed by atoms with van der Waals surface area (Å²) < 4.78 is 0. The lowest BCUT2D eigenvalue weighted by Gasteiger charge is -2.18. The van der Waals surface area contributed by atoms with Crippen molar-refractivity contribution in [1.82, 2.24) is 25.4 Å². The molecule has 3 heterocycles. The minimum Gasteiger partial charge on any atom is -0.280 e. The number of nitrogens with one attached hydrogen (secondary N) is 1. The summed E-state index contributed by atoms with van der Waals surface area (Å²) >= 11 is 0. The summed E-state index contributed by atoms with van der Waals surface area (Å²) in [4.78, 5) is 17.1. The maximum atomic E-state index is 4.58. The summed E-state index contributed by atoms with van der Waals surface area (Å²) in [7, 11) is 0. The molecule has 6 nitrogen and oxygen atoms in total. The second-order valence-corrected chi connectivity index (χ2v) is 5.25. The standard InChI is InChI=1S/C15H18N6/c1-9-5-17-12(4)19-15(9)13-7-21(20-10(13)2)14-6-16-8-18-11(14)3/h5-8,10,20H,1-4H3. The SMILES string of the molecule is Cc1ncc(C)c(C2=CN(c3cncnc3C)NC2C)n1. The maximum Gasteiger partial charge on any atom is 0.125 e. The zero-order valence-electron chi connectivity index (χ0n) is 12.6. The van der Waals surface area contributed by atoms with Crippen molar-refractivity contribution in [2.75, 3.05) is 5.01 Å². The lowest BCUT2D eigenvalue weighted by molar-refractivity contribution is 0.684. The lowest BCUT2D eigenvalue weighted by Crippen LogP contribution is -2.34. The normalized spacial score (nSPS) is 18.0. The molecule has 0 aromatic carbocycles. The summed E-state index contributed by atoms with van der Waals surface area (Å²) in [5, 5.41) is 1.96. The molecule has 0 radical (unpaired) electrons. The van der Waals surface area contributed by atoms with Crippen molar-refractivity contribution < 1.29 is 0 Å². The third-order valence-corrected chi connectivity index (χ3v) is 3.58. The van der Waals surface area contributed by atoms with Gasteiger partial charge in [-0.25, -0.2) is 25.4 Å². The number of nitrogens with zero attached hydrogens (tertiary/aromatic N) is 5. The third kappa shape index (κ3) is 2.50. The van der Waals surface area contributed by atoms with E-state index in [0.717, 1.165) is 34.0 Å². The Balaban J connectivity index is 2.02. The molecule has 0 spiro atoms. The highest BCUT2D eigenvalue weighted by atomic mass is 15.5. The number of rotatable bonds is 2. The largest absolute Gasteiger partial charge is 0.280 e. The highest BCUT2D eigenvalue weighted by molar-refractivity contribution is 5.75. The Morgan fingerprint density at radius 2 is 1.95 bits per heavy atom. The Hall–Kier alpha value is -2.34. The number of anilines is 1. The number of hydrazine groups is 1. The van der Waals surface area contributed by atoms with Gasteiger partial charge in [0.25, 0.3) is 0 Å². The van der Waals surface area contributed by atoms with E-state index in [1.54, 1.807) is 12.5 Å². The van der Waals surface area contributed by atoms with Crippen molar-refractivity contribution in [3.8, 4) is 0 Å². The Bertz CT molecular complexity index is 709. The highest BCUT2D eigenvalue weighted by Crippen LogP contribution is 2.28. The molecule has 1 aliphatic rings. The summed E-state index contributed by atoms with van der Waals surface area (Å²) in [6.07, 6.45) is 7.29. The molecule has 2 aromatic rings. The van der Waals surface area contributed by atoms with Gasteiger partial charge in [0.15, 0.2) is 0 Å². The molecule has 0 aliphatic carbocycles. The van der Waals surface area contributed by atoms with E-state index in [9.17, 15) is 0 Å². The molecule has 108 valence electrons. The first-order chi connectivity index (χ1) is 10.1. The van der Waals surface area contributed by atoms with Gasteiger partial charge < -0.3 is 0 Å². The molecule has 0 bridgehead atoms. The molecule has 0 saturated heterocycles. The van der Waals surface area contributed by atoms with Crippen LogP contribution in [0.3, 0.4) is 0 Å². The first-order valence-electron chi connectivity index (χ1n) is 6.90. The monoisotopic (exact) mass is 282 g/mol. The quantitative estimate of drug-likeness (QED) is 0.908. The first kappa shape index (κ1) is 13.6. The van der Waals surface area contributed by atoms with Crippen molar-refractivity contribution in [1.29, 1.82) is 0 Å². The molecule has 1 aliphatic heterocycles. The van der Waals surface area contributed by atoms with Gasteiger partial charge in [0, 0.05) is 18.0 Å². The number of hydrogen-bond acceptors (Lipinski definition) is 6. The summed E-state index contributed by atoms with van der Waals surface area (Å²) in [5.74, 6) is 0.779. The molecule has 1 unspecified atom stereocenters.